The second-order valence-electron chi connectivity index (χ2n) is 3.81. The number of carboxylic acid groups (broad SMARTS) is 1. The average Bonchev–Trinajstić information content (AvgIpc) is 2.85. The number of carboxylic acids is 1. The van der Waals surface area contributed by atoms with Crippen molar-refractivity contribution in [2.24, 2.45) is 5.92 Å². The van der Waals surface area contributed by atoms with E-state index >= 15 is 0 Å². The number of hydrogen-bond acceptors (Lipinski definition) is 3. The minimum absolute atomic E-state index is 0.0462. The van der Waals surface area contributed by atoms with Gasteiger partial charge in [0, 0.05) is 37.4 Å². The number of nitrogens with zero attached hydrogens (tertiary/aromatic N) is 2. The zero-order valence-electron chi connectivity index (χ0n) is 8.68. The van der Waals surface area contributed by atoms with Crippen LogP contribution in [0.2, 0.25) is 0 Å². The van der Waals surface area contributed by atoms with E-state index in [9.17, 15) is 4.79 Å². The SMILES string of the molecule is CCn1cncc1C1CNCC1C(=O)O. The van der Waals surface area contributed by atoms with E-state index in [-0.39, 0.29) is 11.8 Å². The lowest BCUT2D eigenvalue weighted by atomic mass is 9.93. The average molecular weight is 209 g/mol. The minimum atomic E-state index is -0.728. The van der Waals surface area contributed by atoms with Crippen LogP contribution in [0, 0.1) is 5.92 Å². The molecule has 0 radical (unpaired) electrons. The Balaban J connectivity index is 2.26. The van der Waals surface area contributed by atoms with E-state index in [0.29, 0.717) is 6.54 Å². The van der Waals surface area contributed by atoms with E-state index < -0.39 is 5.97 Å². The van der Waals surface area contributed by atoms with Crippen LogP contribution in [0.25, 0.3) is 0 Å². The summed E-state index contributed by atoms with van der Waals surface area (Å²) in [6.45, 7) is 4.14. The molecule has 5 nitrogen and oxygen atoms in total. The molecule has 2 atom stereocenters. The molecule has 0 amide bonds. The summed E-state index contributed by atoms with van der Waals surface area (Å²) in [4.78, 5) is 15.1. The Morgan fingerprint density at radius 3 is 3.20 bits per heavy atom. The first kappa shape index (κ1) is 10.2. The highest BCUT2D eigenvalue weighted by molar-refractivity contribution is 5.72. The molecule has 0 aliphatic carbocycles. The van der Waals surface area contributed by atoms with Gasteiger partial charge < -0.3 is 15.0 Å². The molecule has 1 aliphatic rings. The molecule has 1 fully saturated rings. The molecule has 2 N–H and O–H groups in total. The van der Waals surface area contributed by atoms with E-state index in [1.54, 1.807) is 12.5 Å². The van der Waals surface area contributed by atoms with Crippen LogP contribution >= 0.6 is 0 Å². The molecule has 2 unspecified atom stereocenters. The number of hydrogen-bond donors (Lipinski definition) is 2. The molecule has 0 aromatic carbocycles. The highest BCUT2D eigenvalue weighted by Gasteiger charge is 2.35. The van der Waals surface area contributed by atoms with Gasteiger partial charge in [0.25, 0.3) is 0 Å². The lowest BCUT2D eigenvalue weighted by molar-refractivity contribution is -0.141. The maximum atomic E-state index is 11.0. The van der Waals surface area contributed by atoms with E-state index in [1.807, 2.05) is 11.5 Å². The van der Waals surface area contributed by atoms with Gasteiger partial charge in [-0.15, -0.1) is 0 Å². The van der Waals surface area contributed by atoms with Crippen molar-refractivity contribution in [2.75, 3.05) is 13.1 Å². The predicted octanol–water partition coefficient (Wildman–Crippen LogP) is 0.291. The highest BCUT2D eigenvalue weighted by atomic mass is 16.4. The van der Waals surface area contributed by atoms with E-state index in [4.69, 9.17) is 5.11 Å². The third-order valence-corrected chi connectivity index (χ3v) is 3.00. The summed E-state index contributed by atoms with van der Waals surface area (Å²) >= 11 is 0. The zero-order chi connectivity index (χ0) is 10.8. The number of aryl methyl sites for hydroxylation is 1. The Morgan fingerprint density at radius 1 is 1.73 bits per heavy atom. The third-order valence-electron chi connectivity index (χ3n) is 3.00. The Morgan fingerprint density at radius 2 is 2.53 bits per heavy atom. The largest absolute Gasteiger partial charge is 0.481 e. The van der Waals surface area contributed by atoms with Crippen molar-refractivity contribution in [2.45, 2.75) is 19.4 Å². The fourth-order valence-corrected chi connectivity index (χ4v) is 2.15. The van der Waals surface area contributed by atoms with Crippen molar-refractivity contribution >= 4 is 5.97 Å². The van der Waals surface area contributed by atoms with Crippen molar-refractivity contribution in [3.05, 3.63) is 18.2 Å². The summed E-state index contributed by atoms with van der Waals surface area (Å²) in [6.07, 6.45) is 3.53. The Bertz CT molecular complexity index is 361. The van der Waals surface area contributed by atoms with Crippen LogP contribution in [0.3, 0.4) is 0 Å². The van der Waals surface area contributed by atoms with Crippen molar-refractivity contribution in [3.63, 3.8) is 0 Å². The van der Waals surface area contributed by atoms with Gasteiger partial charge in [0.2, 0.25) is 0 Å². The van der Waals surface area contributed by atoms with Crippen LogP contribution in [0.1, 0.15) is 18.5 Å². The minimum Gasteiger partial charge on any atom is -0.481 e. The predicted molar refractivity (Wildman–Crippen MR) is 54.6 cm³/mol. The standard InChI is InChI=1S/C10H15N3O2/c1-2-13-6-12-5-9(13)7-3-11-4-8(7)10(14)15/h5-8,11H,2-4H2,1H3,(H,14,15). The van der Waals surface area contributed by atoms with Gasteiger partial charge in [0.1, 0.15) is 0 Å². The van der Waals surface area contributed by atoms with Gasteiger partial charge in [0.05, 0.1) is 12.2 Å². The molecule has 82 valence electrons. The monoisotopic (exact) mass is 209 g/mol. The number of rotatable bonds is 3. The summed E-state index contributed by atoms with van der Waals surface area (Å²) in [5.41, 5.74) is 1.02. The lowest BCUT2D eigenvalue weighted by Gasteiger charge is -2.15. The van der Waals surface area contributed by atoms with E-state index in [2.05, 4.69) is 10.3 Å². The molecule has 2 rings (SSSR count). The van der Waals surface area contributed by atoms with Gasteiger partial charge >= 0.3 is 5.97 Å². The van der Waals surface area contributed by atoms with Gasteiger partial charge in [-0.3, -0.25) is 4.79 Å². The molecule has 0 saturated carbocycles. The van der Waals surface area contributed by atoms with Gasteiger partial charge in [-0.1, -0.05) is 0 Å². The maximum absolute atomic E-state index is 11.0. The molecule has 1 aliphatic heterocycles. The molecule has 1 aromatic rings. The first-order valence-corrected chi connectivity index (χ1v) is 5.17. The van der Waals surface area contributed by atoms with Crippen LogP contribution in [0.15, 0.2) is 12.5 Å². The molecule has 2 heterocycles. The summed E-state index contributed by atoms with van der Waals surface area (Å²) in [6, 6.07) is 0. The first-order valence-electron chi connectivity index (χ1n) is 5.17. The summed E-state index contributed by atoms with van der Waals surface area (Å²) in [7, 11) is 0. The normalized spacial score (nSPS) is 25.7. The smallest absolute Gasteiger partial charge is 0.308 e. The summed E-state index contributed by atoms with van der Waals surface area (Å²) in [5.74, 6) is -1.01. The van der Waals surface area contributed by atoms with Crippen molar-refractivity contribution in [1.82, 2.24) is 14.9 Å². The zero-order valence-corrected chi connectivity index (χ0v) is 8.68. The fourth-order valence-electron chi connectivity index (χ4n) is 2.15. The van der Waals surface area contributed by atoms with Crippen molar-refractivity contribution in [3.8, 4) is 0 Å². The Labute approximate surface area is 88.1 Å². The quantitative estimate of drug-likeness (QED) is 0.751. The Kier molecular flexibility index (Phi) is 2.73. The fraction of sp³-hybridized carbons (Fsp3) is 0.600. The van der Waals surface area contributed by atoms with Gasteiger partial charge in [0.15, 0.2) is 0 Å². The topological polar surface area (TPSA) is 67.2 Å². The summed E-state index contributed by atoms with van der Waals surface area (Å²) < 4.78 is 2.01. The van der Waals surface area contributed by atoms with Gasteiger partial charge in [-0.25, -0.2) is 4.98 Å². The second-order valence-corrected chi connectivity index (χ2v) is 3.81. The van der Waals surface area contributed by atoms with Crippen LogP contribution in [-0.2, 0) is 11.3 Å². The number of aliphatic carboxylic acids is 1. The third kappa shape index (κ3) is 1.74. The van der Waals surface area contributed by atoms with Crippen LogP contribution in [-0.4, -0.2) is 33.7 Å². The number of nitrogens with one attached hydrogen (secondary N) is 1. The number of imidazole rings is 1. The van der Waals surface area contributed by atoms with Crippen molar-refractivity contribution < 1.29 is 9.90 Å². The molecule has 1 aromatic heterocycles. The molecular weight excluding hydrogens is 194 g/mol. The molecule has 0 spiro atoms. The van der Waals surface area contributed by atoms with Crippen LogP contribution < -0.4 is 5.32 Å². The molecular formula is C10H15N3O2. The van der Waals surface area contributed by atoms with Gasteiger partial charge in [-0.05, 0) is 6.92 Å². The summed E-state index contributed by atoms with van der Waals surface area (Å²) in [5, 5.41) is 12.2. The molecule has 1 saturated heterocycles. The lowest BCUT2D eigenvalue weighted by Crippen LogP contribution is -2.22. The van der Waals surface area contributed by atoms with Crippen LogP contribution in [0.5, 0.6) is 0 Å². The van der Waals surface area contributed by atoms with Crippen molar-refractivity contribution in [1.29, 1.82) is 0 Å². The number of aromatic nitrogens is 2. The second kappa shape index (κ2) is 4.02. The first-order chi connectivity index (χ1) is 7.24. The molecule has 0 bridgehead atoms. The number of carbonyl (C=O) groups is 1. The van der Waals surface area contributed by atoms with E-state index in [0.717, 1.165) is 18.8 Å². The maximum Gasteiger partial charge on any atom is 0.308 e. The van der Waals surface area contributed by atoms with Crippen LogP contribution in [0.4, 0.5) is 0 Å². The highest BCUT2D eigenvalue weighted by Crippen LogP contribution is 2.27. The molecule has 15 heavy (non-hydrogen) atoms. The Hall–Kier alpha value is -1.36. The molecule has 5 heteroatoms. The van der Waals surface area contributed by atoms with Gasteiger partial charge in [-0.2, -0.15) is 0 Å². The van der Waals surface area contributed by atoms with E-state index in [1.165, 1.54) is 0 Å².